The SMILES string of the molecule is CCS(=O)(=O)N1C=C(C)SC1. The van der Waals surface area contributed by atoms with Gasteiger partial charge in [-0.05, 0) is 13.8 Å². The molecule has 5 heteroatoms. The van der Waals surface area contributed by atoms with E-state index in [0.29, 0.717) is 5.88 Å². The van der Waals surface area contributed by atoms with Crippen LogP contribution in [0.2, 0.25) is 0 Å². The molecule has 0 bridgehead atoms. The van der Waals surface area contributed by atoms with Crippen molar-refractivity contribution in [3.05, 3.63) is 11.1 Å². The van der Waals surface area contributed by atoms with Gasteiger partial charge in [-0.3, -0.25) is 4.31 Å². The highest BCUT2D eigenvalue weighted by molar-refractivity contribution is 8.04. The van der Waals surface area contributed by atoms with Crippen LogP contribution in [0.4, 0.5) is 0 Å². The van der Waals surface area contributed by atoms with Crippen molar-refractivity contribution in [3.63, 3.8) is 0 Å². The molecule has 0 saturated heterocycles. The number of nitrogens with zero attached hydrogens (tertiary/aromatic N) is 1. The lowest BCUT2D eigenvalue weighted by Crippen LogP contribution is -2.24. The summed E-state index contributed by atoms with van der Waals surface area (Å²) in [6.45, 7) is 3.57. The van der Waals surface area contributed by atoms with Gasteiger partial charge < -0.3 is 0 Å². The topological polar surface area (TPSA) is 37.4 Å². The Hall–Kier alpha value is -0.160. The van der Waals surface area contributed by atoms with Crippen LogP contribution in [0.25, 0.3) is 0 Å². The summed E-state index contributed by atoms with van der Waals surface area (Å²) < 4.78 is 23.8. The normalized spacial score (nSPS) is 18.7. The highest BCUT2D eigenvalue weighted by Crippen LogP contribution is 2.26. The van der Waals surface area contributed by atoms with Gasteiger partial charge in [0.25, 0.3) is 0 Å². The first-order valence-electron chi connectivity index (χ1n) is 3.37. The molecule has 0 aromatic heterocycles. The van der Waals surface area contributed by atoms with Gasteiger partial charge in [0.05, 0.1) is 11.6 Å². The Balaban J connectivity index is 2.79. The number of hydrogen-bond donors (Lipinski definition) is 0. The summed E-state index contributed by atoms with van der Waals surface area (Å²) in [6, 6.07) is 0. The van der Waals surface area contributed by atoms with E-state index in [4.69, 9.17) is 0 Å². The van der Waals surface area contributed by atoms with E-state index < -0.39 is 10.0 Å². The molecule has 0 saturated carbocycles. The third-order valence-corrected chi connectivity index (χ3v) is 4.28. The lowest BCUT2D eigenvalue weighted by Gasteiger charge is -2.12. The van der Waals surface area contributed by atoms with Gasteiger partial charge in [-0.25, -0.2) is 8.42 Å². The molecule has 0 radical (unpaired) electrons. The zero-order valence-corrected chi connectivity index (χ0v) is 8.20. The van der Waals surface area contributed by atoms with E-state index >= 15 is 0 Å². The van der Waals surface area contributed by atoms with Crippen molar-refractivity contribution in [2.24, 2.45) is 0 Å². The largest absolute Gasteiger partial charge is 0.266 e. The molecule has 0 amide bonds. The number of hydrogen-bond acceptors (Lipinski definition) is 3. The first-order valence-corrected chi connectivity index (χ1v) is 5.96. The number of rotatable bonds is 2. The summed E-state index contributed by atoms with van der Waals surface area (Å²) in [5.74, 6) is 0.722. The van der Waals surface area contributed by atoms with Crippen LogP contribution >= 0.6 is 11.8 Å². The minimum absolute atomic E-state index is 0.178. The minimum Gasteiger partial charge on any atom is -0.266 e. The number of sulfonamides is 1. The molecule has 0 aromatic carbocycles. The molecule has 0 spiro atoms. The van der Waals surface area contributed by atoms with Gasteiger partial charge in [0.2, 0.25) is 10.0 Å². The van der Waals surface area contributed by atoms with E-state index in [9.17, 15) is 8.42 Å². The van der Waals surface area contributed by atoms with Gasteiger partial charge >= 0.3 is 0 Å². The van der Waals surface area contributed by atoms with Crippen molar-refractivity contribution in [2.45, 2.75) is 13.8 Å². The molecule has 1 aliphatic rings. The van der Waals surface area contributed by atoms with E-state index in [1.807, 2.05) is 6.92 Å². The third-order valence-electron chi connectivity index (χ3n) is 1.47. The summed E-state index contributed by atoms with van der Waals surface area (Å²) >= 11 is 1.56. The molecule has 1 aliphatic heterocycles. The summed E-state index contributed by atoms with van der Waals surface area (Å²) in [5.41, 5.74) is 0. The van der Waals surface area contributed by atoms with Crippen LogP contribution in [0.3, 0.4) is 0 Å². The molecule has 0 atom stereocenters. The smallest absolute Gasteiger partial charge is 0.235 e. The second-order valence-electron chi connectivity index (χ2n) is 2.30. The highest BCUT2D eigenvalue weighted by atomic mass is 32.2. The Kier molecular flexibility index (Phi) is 2.49. The van der Waals surface area contributed by atoms with Gasteiger partial charge in [-0.1, -0.05) is 0 Å². The third kappa shape index (κ3) is 1.90. The van der Waals surface area contributed by atoms with Crippen molar-refractivity contribution >= 4 is 21.8 Å². The van der Waals surface area contributed by atoms with Gasteiger partial charge in [0, 0.05) is 11.1 Å². The van der Waals surface area contributed by atoms with Crippen molar-refractivity contribution in [3.8, 4) is 0 Å². The standard InChI is InChI=1S/C6H11NO2S2/c1-3-11(8,9)7-4-6(2)10-5-7/h4H,3,5H2,1-2H3. The Labute approximate surface area is 71.5 Å². The van der Waals surface area contributed by atoms with Crippen LogP contribution in [0.15, 0.2) is 11.1 Å². The molecule has 3 nitrogen and oxygen atoms in total. The van der Waals surface area contributed by atoms with Crippen LogP contribution in [0, 0.1) is 0 Å². The molecular formula is C6H11NO2S2. The maximum Gasteiger partial charge on any atom is 0.235 e. The molecule has 1 rings (SSSR count). The highest BCUT2D eigenvalue weighted by Gasteiger charge is 2.20. The van der Waals surface area contributed by atoms with Crippen LogP contribution < -0.4 is 0 Å². The lowest BCUT2D eigenvalue weighted by molar-refractivity contribution is 0.537. The average molecular weight is 193 g/mol. The molecule has 0 unspecified atom stereocenters. The monoisotopic (exact) mass is 193 g/mol. The molecule has 0 fully saturated rings. The number of allylic oxidation sites excluding steroid dienone is 1. The van der Waals surface area contributed by atoms with Gasteiger partial charge in [-0.2, -0.15) is 0 Å². The van der Waals surface area contributed by atoms with Gasteiger partial charge in [0.15, 0.2) is 0 Å². The first kappa shape index (κ1) is 8.93. The van der Waals surface area contributed by atoms with Crippen LogP contribution in [-0.2, 0) is 10.0 Å². The lowest BCUT2D eigenvalue weighted by atomic mass is 10.7. The maximum atomic E-state index is 11.2. The first-order chi connectivity index (χ1) is 5.06. The zero-order valence-electron chi connectivity index (χ0n) is 6.57. The number of thioether (sulfide) groups is 1. The molecule has 0 aromatic rings. The molecular weight excluding hydrogens is 182 g/mol. The van der Waals surface area contributed by atoms with Crippen LogP contribution in [0.1, 0.15) is 13.8 Å². The molecule has 64 valence electrons. The average Bonchev–Trinajstić information content (AvgIpc) is 2.36. The fourth-order valence-corrected chi connectivity index (χ4v) is 2.89. The molecule has 1 heterocycles. The van der Waals surface area contributed by atoms with E-state index in [1.165, 1.54) is 4.31 Å². The molecule has 0 N–H and O–H groups in total. The Morgan fingerprint density at radius 1 is 1.73 bits per heavy atom. The summed E-state index contributed by atoms with van der Waals surface area (Å²) in [6.07, 6.45) is 1.68. The Bertz CT molecular complexity index is 268. The fourth-order valence-electron chi connectivity index (χ4n) is 0.769. The Morgan fingerprint density at radius 3 is 2.73 bits per heavy atom. The van der Waals surface area contributed by atoms with E-state index in [1.54, 1.807) is 24.9 Å². The summed E-state index contributed by atoms with van der Waals surface area (Å²) in [4.78, 5) is 1.06. The van der Waals surface area contributed by atoms with Gasteiger partial charge in [0.1, 0.15) is 0 Å². The second kappa shape index (κ2) is 3.06. The summed E-state index contributed by atoms with van der Waals surface area (Å²) in [7, 11) is -2.99. The van der Waals surface area contributed by atoms with E-state index in [0.717, 1.165) is 4.91 Å². The van der Waals surface area contributed by atoms with E-state index in [2.05, 4.69) is 0 Å². The predicted octanol–water partition coefficient (Wildman–Crippen LogP) is 1.20. The fraction of sp³-hybridized carbons (Fsp3) is 0.667. The second-order valence-corrected chi connectivity index (χ2v) is 5.70. The van der Waals surface area contributed by atoms with Crippen LogP contribution in [-0.4, -0.2) is 24.4 Å². The Morgan fingerprint density at radius 2 is 2.36 bits per heavy atom. The van der Waals surface area contributed by atoms with Crippen molar-refractivity contribution in [1.29, 1.82) is 0 Å². The molecule has 11 heavy (non-hydrogen) atoms. The van der Waals surface area contributed by atoms with E-state index in [-0.39, 0.29) is 5.75 Å². The van der Waals surface area contributed by atoms with Gasteiger partial charge in [-0.15, -0.1) is 11.8 Å². The summed E-state index contributed by atoms with van der Waals surface area (Å²) in [5, 5.41) is 0. The predicted molar refractivity (Wildman–Crippen MR) is 47.5 cm³/mol. The molecule has 0 aliphatic carbocycles. The maximum absolute atomic E-state index is 11.2. The minimum atomic E-state index is -2.99. The van der Waals surface area contributed by atoms with Crippen molar-refractivity contribution in [2.75, 3.05) is 11.6 Å². The van der Waals surface area contributed by atoms with Crippen molar-refractivity contribution in [1.82, 2.24) is 4.31 Å². The van der Waals surface area contributed by atoms with Crippen molar-refractivity contribution < 1.29 is 8.42 Å². The zero-order chi connectivity index (χ0) is 8.48. The van der Waals surface area contributed by atoms with Crippen LogP contribution in [0.5, 0.6) is 0 Å². The quantitative estimate of drug-likeness (QED) is 0.661.